The Kier molecular flexibility index (Phi) is 8.41. The number of ether oxygens (including phenoxy) is 1. The van der Waals surface area contributed by atoms with E-state index in [1.165, 1.54) is 6.08 Å². The number of imidazole rings is 1. The van der Waals surface area contributed by atoms with Crippen LogP contribution in [-0.2, 0) is 11.3 Å². The van der Waals surface area contributed by atoms with Crippen LogP contribution < -0.4 is 4.74 Å². The van der Waals surface area contributed by atoms with E-state index in [1.54, 1.807) is 23.5 Å². The second kappa shape index (κ2) is 12.5. The van der Waals surface area contributed by atoms with Crippen molar-refractivity contribution in [2.45, 2.75) is 63.7 Å². The van der Waals surface area contributed by atoms with Crippen LogP contribution in [0.25, 0.3) is 33.1 Å². The first kappa shape index (κ1) is 31.6. The molecule has 12 heteroatoms. The number of likely N-dealkylation sites (N-methyl/N-ethyl adjacent to an activating group) is 1. The summed E-state index contributed by atoms with van der Waals surface area (Å²) >= 11 is 13.6. The molecule has 0 radical (unpaired) electrons. The molecule has 3 atom stereocenters. The fourth-order valence-corrected chi connectivity index (χ4v) is 7.97. The Morgan fingerprint density at radius 1 is 1.19 bits per heavy atom. The van der Waals surface area contributed by atoms with E-state index in [0.29, 0.717) is 65.1 Å². The van der Waals surface area contributed by atoms with Crippen LogP contribution in [0.1, 0.15) is 54.8 Å². The van der Waals surface area contributed by atoms with Gasteiger partial charge in [0.2, 0.25) is 11.8 Å². The molecular formula is C35H34Cl2FN7O2. The lowest BCUT2D eigenvalue weighted by Gasteiger charge is -2.38. The minimum absolute atomic E-state index is 0.115. The maximum Gasteiger partial charge on any atom is 0.246 e. The van der Waals surface area contributed by atoms with Crippen molar-refractivity contribution in [1.82, 2.24) is 24.3 Å². The molecule has 3 aliphatic heterocycles. The monoisotopic (exact) mass is 673 g/mol. The lowest BCUT2D eigenvalue weighted by molar-refractivity contribution is -0.130. The molecule has 0 saturated carbocycles. The van der Waals surface area contributed by atoms with Crippen LogP contribution in [0.3, 0.4) is 0 Å². The van der Waals surface area contributed by atoms with Gasteiger partial charge in [-0.1, -0.05) is 29.8 Å². The fourth-order valence-electron chi connectivity index (χ4n) is 7.45. The summed E-state index contributed by atoms with van der Waals surface area (Å²) in [5.74, 6) is -0.525. The maximum absolute atomic E-state index is 17.1. The Bertz CT molecular complexity index is 2020. The number of hydrogen-bond donors (Lipinski definition) is 0. The number of carbonyl (C=O) groups is 1. The van der Waals surface area contributed by atoms with Crippen LogP contribution in [0.5, 0.6) is 5.88 Å². The van der Waals surface area contributed by atoms with Gasteiger partial charge in [-0.15, -0.1) is 0 Å². The molecule has 0 spiro atoms. The van der Waals surface area contributed by atoms with Gasteiger partial charge in [-0.3, -0.25) is 9.79 Å². The SMILES string of the molecule is C=CC(=O)N1CCC(n2cnc3c(OC[C@@H]4CCCN4C)nc4c(F)c(-c5c(C)c(Cl)cc6c5C=NC6)c(Cl)cc4c32)CC1CC#N. The summed E-state index contributed by atoms with van der Waals surface area (Å²) in [6, 6.07) is 5.63. The highest BCUT2D eigenvalue weighted by Gasteiger charge is 2.34. The fraction of sp³-hybridized carbons (Fsp3) is 0.400. The van der Waals surface area contributed by atoms with E-state index in [4.69, 9.17) is 37.9 Å². The predicted octanol–water partition coefficient (Wildman–Crippen LogP) is 7.04. The average Bonchev–Trinajstić information content (AvgIpc) is 3.82. The number of rotatable bonds is 7. The molecule has 7 rings (SSSR count). The van der Waals surface area contributed by atoms with Crippen molar-refractivity contribution in [1.29, 1.82) is 5.26 Å². The molecular weight excluding hydrogens is 640 g/mol. The Hall–Kier alpha value is -4.04. The summed E-state index contributed by atoms with van der Waals surface area (Å²) in [5.41, 5.74) is 4.50. The first-order valence-corrected chi connectivity index (χ1v) is 16.6. The number of amides is 1. The van der Waals surface area contributed by atoms with E-state index in [9.17, 15) is 10.1 Å². The quantitative estimate of drug-likeness (QED) is 0.195. The van der Waals surface area contributed by atoms with E-state index in [-0.39, 0.29) is 52.4 Å². The van der Waals surface area contributed by atoms with Crippen molar-refractivity contribution in [3.8, 4) is 23.1 Å². The van der Waals surface area contributed by atoms with Gasteiger partial charge in [0.25, 0.3) is 0 Å². The van der Waals surface area contributed by atoms with E-state index in [0.717, 1.165) is 30.5 Å². The van der Waals surface area contributed by atoms with Crippen molar-refractivity contribution in [3.05, 3.63) is 63.7 Å². The Morgan fingerprint density at radius 3 is 2.77 bits per heavy atom. The molecule has 9 nitrogen and oxygen atoms in total. The Labute approximate surface area is 282 Å². The largest absolute Gasteiger partial charge is 0.474 e. The second-order valence-corrected chi connectivity index (χ2v) is 13.4. The number of piperidine rings is 1. The normalized spacial score (nSPS) is 21.0. The average molecular weight is 675 g/mol. The lowest BCUT2D eigenvalue weighted by Crippen LogP contribution is -2.45. The molecule has 0 aliphatic carbocycles. The highest BCUT2D eigenvalue weighted by molar-refractivity contribution is 6.36. The van der Waals surface area contributed by atoms with Crippen LogP contribution in [0, 0.1) is 24.1 Å². The molecule has 2 aromatic heterocycles. The van der Waals surface area contributed by atoms with Gasteiger partial charge in [0.1, 0.15) is 12.1 Å². The van der Waals surface area contributed by atoms with Crippen LogP contribution in [-0.4, -0.2) is 75.3 Å². The smallest absolute Gasteiger partial charge is 0.246 e. The highest BCUT2D eigenvalue weighted by atomic mass is 35.5. The Balaban J connectivity index is 1.41. The zero-order valence-electron chi connectivity index (χ0n) is 26.3. The maximum atomic E-state index is 17.1. The number of hydrogen-bond acceptors (Lipinski definition) is 7. The van der Waals surface area contributed by atoms with Crippen molar-refractivity contribution in [3.63, 3.8) is 0 Å². The summed E-state index contributed by atoms with van der Waals surface area (Å²) in [5, 5.41) is 10.8. The van der Waals surface area contributed by atoms with Crippen LogP contribution in [0.15, 0.2) is 36.1 Å². The molecule has 0 bridgehead atoms. The molecule has 47 heavy (non-hydrogen) atoms. The van der Waals surface area contributed by atoms with Crippen molar-refractivity contribution in [2.75, 3.05) is 26.7 Å². The minimum atomic E-state index is -0.577. The number of benzene rings is 2. The highest BCUT2D eigenvalue weighted by Crippen LogP contribution is 2.45. The van der Waals surface area contributed by atoms with Gasteiger partial charge in [0, 0.05) is 52.4 Å². The summed E-state index contributed by atoms with van der Waals surface area (Å²) in [6.45, 7) is 7.77. The van der Waals surface area contributed by atoms with Crippen molar-refractivity contribution < 1.29 is 13.9 Å². The van der Waals surface area contributed by atoms with Gasteiger partial charge in [-0.05, 0) is 81.1 Å². The third kappa shape index (κ3) is 5.35. The third-order valence-electron chi connectivity index (χ3n) is 9.99. The van der Waals surface area contributed by atoms with Gasteiger partial charge in [0.15, 0.2) is 11.3 Å². The molecule has 242 valence electrons. The first-order valence-electron chi connectivity index (χ1n) is 15.8. The zero-order valence-corrected chi connectivity index (χ0v) is 27.8. The number of likely N-dealkylation sites (tertiary alicyclic amines) is 2. The molecule has 4 aromatic rings. The van der Waals surface area contributed by atoms with Crippen molar-refractivity contribution in [2.24, 2.45) is 4.99 Å². The van der Waals surface area contributed by atoms with Crippen LogP contribution in [0.4, 0.5) is 4.39 Å². The number of carbonyl (C=O) groups excluding carboxylic acids is 1. The summed E-state index contributed by atoms with van der Waals surface area (Å²) in [7, 11) is 2.07. The number of pyridine rings is 1. The molecule has 1 amide bonds. The summed E-state index contributed by atoms with van der Waals surface area (Å²) in [4.78, 5) is 30.5. The summed E-state index contributed by atoms with van der Waals surface area (Å²) < 4.78 is 25.5. The second-order valence-electron chi connectivity index (χ2n) is 12.6. The first-order chi connectivity index (χ1) is 22.7. The molecule has 2 aromatic carbocycles. The topological polar surface area (TPSA) is 99.6 Å². The predicted molar refractivity (Wildman–Crippen MR) is 182 cm³/mol. The summed E-state index contributed by atoms with van der Waals surface area (Å²) in [6.07, 6.45) is 8.15. The van der Waals surface area contributed by atoms with Gasteiger partial charge in [-0.25, -0.2) is 14.4 Å². The lowest BCUT2D eigenvalue weighted by atomic mass is 9.91. The molecule has 2 saturated heterocycles. The number of aliphatic imine (C=N–C) groups is 1. The number of aromatic nitrogens is 3. The van der Waals surface area contributed by atoms with E-state index >= 15 is 4.39 Å². The van der Waals surface area contributed by atoms with E-state index < -0.39 is 5.82 Å². The van der Waals surface area contributed by atoms with Crippen LogP contribution >= 0.6 is 23.2 Å². The third-order valence-corrected chi connectivity index (χ3v) is 10.7. The molecule has 2 fully saturated rings. The van der Waals surface area contributed by atoms with Crippen molar-refractivity contribution >= 4 is 57.3 Å². The standard InChI is InChI=1S/C35H34Cl2FN7O2/c1-4-28(46)44-11-8-22(13-21(44)7-9-39)45-18-41-33-34(45)24-14-27(37)30(29-19(2)26(36)12-20-15-40-16-25(20)29)31(38)32(24)42-35(33)47-17-23-6-5-10-43(23)3/h4,12,14,16,18,21-23H,1,5-8,10-11,13,15,17H2,2-3H3/t21?,22?,23-/m0/s1. The van der Waals surface area contributed by atoms with Gasteiger partial charge in [-0.2, -0.15) is 5.26 Å². The van der Waals surface area contributed by atoms with E-state index in [1.807, 2.05) is 17.6 Å². The number of nitrogens with zero attached hydrogens (tertiary/aromatic N) is 7. The van der Waals surface area contributed by atoms with Gasteiger partial charge < -0.3 is 19.1 Å². The number of fused-ring (bicyclic) bond motifs is 4. The molecule has 0 N–H and O–H groups in total. The van der Waals surface area contributed by atoms with Crippen LogP contribution in [0.2, 0.25) is 10.0 Å². The molecule has 3 aliphatic rings. The molecule has 2 unspecified atom stereocenters. The number of nitriles is 1. The van der Waals surface area contributed by atoms with E-state index in [2.05, 4.69) is 29.6 Å². The number of halogens is 3. The minimum Gasteiger partial charge on any atom is -0.474 e. The zero-order chi connectivity index (χ0) is 33.0. The van der Waals surface area contributed by atoms with Gasteiger partial charge >= 0.3 is 0 Å². The van der Waals surface area contributed by atoms with Gasteiger partial charge in [0.05, 0.1) is 35.9 Å². The molecule has 5 heterocycles. The Morgan fingerprint density at radius 2 is 2.02 bits per heavy atom.